The van der Waals surface area contributed by atoms with Crippen molar-refractivity contribution in [1.82, 2.24) is 14.9 Å². The highest BCUT2D eigenvalue weighted by Gasteiger charge is 2.13. The van der Waals surface area contributed by atoms with Crippen LogP contribution in [0.3, 0.4) is 0 Å². The SMILES string of the molecule is CCOCCn1c(=O)[nH]c2cc(C(=O)NCc3cccc(F)c3F)ccc21. The van der Waals surface area contributed by atoms with Gasteiger partial charge in [-0.3, -0.25) is 9.36 Å². The highest BCUT2D eigenvalue weighted by atomic mass is 19.2. The summed E-state index contributed by atoms with van der Waals surface area (Å²) in [7, 11) is 0. The van der Waals surface area contributed by atoms with Crippen LogP contribution < -0.4 is 11.0 Å². The number of carbonyl (C=O) groups is 1. The fraction of sp³-hybridized carbons (Fsp3) is 0.263. The van der Waals surface area contributed by atoms with E-state index in [1.165, 1.54) is 16.7 Å². The van der Waals surface area contributed by atoms with Crippen molar-refractivity contribution < 1.29 is 18.3 Å². The van der Waals surface area contributed by atoms with E-state index in [-0.39, 0.29) is 17.8 Å². The molecule has 0 unspecified atom stereocenters. The van der Waals surface area contributed by atoms with Crippen LogP contribution >= 0.6 is 0 Å². The van der Waals surface area contributed by atoms with Gasteiger partial charge < -0.3 is 15.0 Å². The summed E-state index contributed by atoms with van der Waals surface area (Å²) in [5.41, 5.74) is 1.25. The van der Waals surface area contributed by atoms with Gasteiger partial charge in [0, 0.05) is 24.3 Å². The maximum Gasteiger partial charge on any atom is 0.326 e. The number of hydrogen-bond acceptors (Lipinski definition) is 3. The molecule has 0 aliphatic carbocycles. The number of imidazole rings is 1. The molecule has 27 heavy (non-hydrogen) atoms. The average Bonchev–Trinajstić information content (AvgIpc) is 2.97. The quantitative estimate of drug-likeness (QED) is 0.623. The first-order valence-electron chi connectivity index (χ1n) is 8.52. The second-order valence-electron chi connectivity index (χ2n) is 5.91. The largest absolute Gasteiger partial charge is 0.380 e. The molecule has 0 aliphatic rings. The molecule has 2 N–H and O–H groups in total. The number of fused-ring (bicyclic) bond motifs is 1. The molecular formula is C19H19F2N3O3. The van der Waals surface area contributed by atoms with Crippen molar-refractivity contribution in [2.45, 2.75) is 20.0 Å². The molecule has 0 fully saturated rings. The Labute approximate surface area is 153 Å². The number of benzene rings is 2. The van der Waals surface area contributed by atoms with Crippen LogP contribution in [0, 0.1) is 11.6 Å². The molecule has 0 saturated carbocycles. The Hall–Kier alpha value is -3.00. The predicted molar refractivity (Wildman–Crippen MR) is 96.6 cm³/mol. The summed E-state index contributed by atoms with van der Waals surface area (Å²) in [6.07, 6.45) is 0. The summed E-state index contributed by atoms with van der Waals surface area (Å²) in [6.45, 7) is 3.10. The van der Waals surface area contributed by atoms with Crippen LogP contribution in [-0.2, 0) is 17.8 Å². The van der Waals surface area contributed by atoms with Crippen LogP contribution in [-0.4, -0.2) is 28.7 Å². The summed E-state index contributed by atoms with van der Waals surface area (Å²) in [5, 5.41) is 2.55. The average molecular weight is 375 g/mol. The Bertz CT molecular complexity index is 1030. The zero-order valence-corrected chi connectivity index (χ0v) is 14.7. The zero-order valence-electron chi connectivity index (χ0n) is 14.7. The normalized spacial score (nSPS) is 11.1. The first-order valence-corrected chi connectivity index (χ1v) is 8.52. The van der Waals surface area contributed by atoms with E-state index in [2.05, 4.69) is 10.3 Å². The number of nitrogens with one attached hydrogen (secondary N) is 2. The topological polar surface area (TPSA) is 76.1 Å². The predicted octanol–water partition coefficient (Wildman–Crippen LogP) is 2.57. The van der Waals surface area contributed by atoms with Crippen LogP contribution in [0.1, 0.15) is 22.8 Å². The van der Waals surface area contributed by atoms with Crippen molar-refractivity contribution in [3.05, 3.63) is 69.6 Å². The third-order valence-electron chi connectivity index (χ3n) is 4.17. The standard InChI is InChI=1S/C19H19F2N3O3/c1-2-27-9-8-24-16-7-6-12(10-15(16)23-19(24)26)18(25)22-11-13-4-3-5-14(20)17(13)21/h3-7,10H,2,8-9,11H2,1H3,(H,22,25)(H,23,26). The molecule has 142 valence electrons. The van der Waals surface area contributed by atoms with Crippen LogP contribution in [0.5, 0.6) is 0 Å². The van der Waals surface area contributed by atoms with Gasteiger partial charge in [-0.1, -0.05) is 12.1 Å². The van der Waals surface area contributed by atoms with Gasteiger partial charge in [0.1, 0.15) is 0 Å². The summed E-state index contributed by atoms with van der Waals surface area (Å²) < 4.78 is 33.7. The lowest BCUT2D eigenvalue weighted by Crippen LogP contribution is -2.23. The van der Waals surface area contributed by atoms with Crippen molar-refractivity contribution in [2.75, 3.05) is 13.2 Å². The van der Waals surface area contributed by atoms with E-state index in [0.29, 0.717) is 36.4 Å². The Morgan fingerprint density at radius 1 is 1.26 bits per heavy atom. The molecule has 0 spiro atoms. The van der Waals surface area contributed by atoms with Gasteiger partial charge in [0.25, 0.3) is 5.91 Å². The fourth-order valence-electron chi connectivity index (χ4n) is 2.79. The van der Waals surface area contributed by atoms with Crippen molar-refractivity contribution in [1.29, 1.82) is 0 Å². The van der Waals surface area contributed by atoms with Gasteiger partial charge in [0.05, 0.1) is 24.2 Å². The fourth-order valence-corrected chi connectivity index (χ4v) is 2.79. The maximum absolute atomic E-state index is 13.7. The molecule has 1 heterocycles. The van der Waals surface area contributed by atoms with Crippen LogP contribution in [0.15, 0.2) is 41.2 Å². The third-order valence-corrected chi connectivity index (χ3v) is 4.17. The number of rotatable bonds is 7. The van der Waals surface area contributed by atoms with Crippen LogP contribution in [0.4, 0.5) is 8.78 Å². The summed E-state index contributed by atoms with van der Waals surface area (Å²) in [4.78, 5) is 27.1. The van der Waals surface area contributed by atoms with Gasteiger partial charge >= 0.3 is 5.69 Å². The third kappa shape index (κ3) is 4.06. The lowest BCUT2D eigenvalue weighted by molar-refractivity contribution is 0.0950. The number of halogens is 2. The minimum absolute atomic E-state index is 0.0555. The molecular weight excluding hydrogens is 356 g/mol. The second-order valence-corrected chi connectivity index (χ2v) is 5.91. The molecule has 1 amide bonds. The Balaban J connectivity index is 1.75. The number of hydrogen-bond donors (Lipinski definition) is 2. The maximum atomic E-state index is 13.7. The van der Waals surface area contributed by atoms with E-state index < -0.39 is 17.5 Å². The number of amides is 1. The smallest absolute Gasteiger partial charge is 0.326 e. The lowest BCUT2D eigenvalue weighted by atomic mass is 10.1. The van der Waals surface area contributed by atoms with Crippen molar-refractivity contribution in [3.8, 4) is 0 Å². The molecule has 0 radical (unpaired) electrons. The van der Waals surface area contributed by atoms with E-state index in [0.717, 1.165) is 6.07 Å². The van der Waals surface area contributed by atoms with Crippen molar-refractivity contribution >= 4 is 16.9 Å². The second kappa shape index (κ2) is 8.13. The summed E-state index contributed by atoms with van der Waals surface area (Å²) in [5.74, 6) is -2.40. The van der Waals surface area contributed by atoms with Crippen molar-refractivity contribution in [3.63, 3.8) is 0 Å². The van der Waals surface area contributed by atoms with Crippen LogP contribution in [0.2, 0.25) is 0 Å². The number of nitrogens with zero attached hydrogens (tertiary/aromatic N) is 1. The first-order chi connectivity index (χ1) is 13.0. The lowest BCUT2D eigenvalue weighted by Gasteiger charge is -2.07. The van der Waals surface area contributed by atoms with E-state index in [9.17, 15) is 18.4 Å². The molecule has 2 aromatic carbocycles. The zero-order chi connectivity index (χ0) is 19.4. The van der Waals surface area contributed by atoms with E-state index in [4.69, 9.17) is 4.74 Å². The van der Waals surface area contributed by atoms with E-state index in [1.54, 1.807) is 18.2 Å². The van der Waals surface area contributed by atoms with E-state index >= 15 is 0 Å². The Morgan fingerprint density at radius 3 is 2.85 bits per heavy atom. The molecule has 3 aromatic rings. The molecule has 3 rings (SSSR count). The monoisotopic (exact) mass is 375 g/mol. The van der Waals surface area contributed by atoms with Gasteiger partial charge in [-0.2, -0.15) is 0 Å². The minimum atomic E-state index is -0.982. The van der Waals surface area contributed by atoms with Gasteiger partial charge in [0.2, 0.25) is 0 Å². The number of aromatic amines is 1. The van der Waals surface area contributed by atoms with Gasteiger partial charge in [-0.05, 0) is 31.2 Å². The molecule has 8 heteroatoms. The van der Waals surface area contributed by atoms with Gasteiger partial charge in [-0.15, -0.1) is 0 Å². The van der Waals surface area contributed by atoms with Gasteiger partial charge in [0.15, 0.2) is 11.6 Å². The number of ether oxygens (including phenoxy) is 1. The highest BCUT2D eigenvalue weighted by Crippen LogP contribution is 2.14. The number of carbonyl (C=O) groups excluding carboxylic acids is 1. The molecule has 0 atom stereocenters. The molecule has 6 nitrogen and oxygen atoms in total. The molecule has 0 bridgehead atoms. The summed E-state index contributed by atoms with van der Waals surface area (Å²) in [6, 6.07) is 8.58. The highest BCUT2D eigenvalue weighted by molar-refractivity contribution is 5.97. The first kappa shape index (κ1) is 18.8. The van der Waals surface area contributed by atoms with Crippen molar-refractivity contribution in [2.24, 2.45) is 0 Å². The van der Waals surface area contributed by atoms with E-state index in [1.807, 2.05) is 6.92 Å². The minimum Gasteiger partial charge on any atom is -0.380 e. The number of aromatic nitrogens is 2. The number of H-pyrrole nitrogens is 1. The Kier molecular flexibility index (Phi) is 5.66. The van der Waals surface area contributed by atoms with Crippen LogP contribution in [0.25, 0.3) is 11.0 Å². The van der Waals surface area contributed by atoms with Gasteiger partial charge in [-0.25, -0.2) is 13.6 Å². The Morgan fingerprint density at radius 2 is 2.07 bits per heavy atom. The molecule has 0 saturated heterocycles. The molecule has 0 aliphatic heterocycles. The summed E-state index contributed by atoms with van der Waals surface area (Å²) >= 11 is 0. The molecule has 1 aromatic heterocycles.